The summed E-state index contributed by atoms with van der Waals surface area (Å²) in [4.78, 5) is 0. The molecule has 0 unspecified atom stereocenters. The van der Waals surface area contributed by atoms with Crippen LogP contribution in [0.15, 0.2) is 43.0 Å². The second-order valence-corrected chi connectivity index (χ2v) is 6.84. The molecule has 0 heterocycles. The van der Waals surface area contributed by atoms with E-state index < -0.39 is 0 Å². The number of hydrogen-bond acceptors (Lipinski definition) is 0. The Morgan fingerprint density at radius 3 is 2.38 bits per heavy atom. The number of benzene rings is 1. The van der Waals surface area contributed by atoms with E-state index in [9.17, 15) is 0 Å². The molecule has 0 atom stereocenters. The van der Waals surface area contributed by atoms with Gasteiger partial charge in [0.2, 0.25) is 0 Å². The van der Waals surface area contributed by atoms with Crippen molar-refractivity contribution in [1.29, 1.82) is 0 Å². The van der Waals surface area contributed by atoms with Crippen molar-refractivity contribution in [3.05, 3.63) is 54.1 Å². The molecule has 0 saturated heterocycles. The quantitative estimate of drug-likeness (QED) is 0.553. The normalized spacial score (nSPS) is 26.2. The molecular weight excluding hydrogens is 252 g/mol. The van der Waals surface area contributed by atoms with Gasteiger partial charge in [0.05, 0.1) is 0 Å². The molecule has 3 rings (SSSR count). The van der Waals surface area contributed by atoms with E-state index in [-0.39, 0.29) is 0 Å². The van der Waals surface area contributed by atoms with Gasteiger partial charge >= 0.3 is 0 Å². The van der Waals surface area contributed by atoms with Gasteiger partial charge in [-0.1, -0.05) is 36.4 Å². The summed E-state index contributed by atoms with van der Waals surface area (Å²) in [5, 5.41) is 0. The highest BCUT2D eigenvalue weighted by Crippen LogP contribution is 2.37. The Kier molecular flexibility index (Phi) is 4.95. The van der Waals surface area contributed by atoms with Gasteiger partial charge in [0, 0.05) is 0 Å². The van der Waals surface area contributed by atoms with E-state index in [1.165, 1.54) is 63.4 Å². The molecule has 1 aromatic carbocycles. The lowest BCUT2D eigenvalue weighted by atomic mass is 9.77. The van der Waals surface area contributed by atoms with Crippen LogP contribution >= 0.6 is 0 Å². The third-order valence-corrected chi connectivity index (χ3v) is 5.39. The summed E-state index contributed by atoms with van der Waals surface area (Å²) in [5.41, 5.74) is 4.59. The monoisotopic (exact) mass is 280 g/mol. The SMILES string of the molecule is C=CC[C@H]1CC[C@H](c2ccc(C3=CCCCC3)cc2)CC1. The highest BCUT2D eigenvalue weighted by atomic mass is 14.3. The molecule has 0 amide bonds. The zero-order chi connectivity index (χ0) is 14.5. The highest BCUT2D eigenvalue weighted by molar-refractivity contribution is 5.66. The second kappa shape index (κ2) is 7.11. The molecular formula is C21H28. The first-order valence-corrected chi connectivity index (χ1v) is 8.77. The first-order valence-electron chi connectivity index (χ1n) is 8.77. The van der Waals surface area contributed by atoms with Crippen LogP contribution in [0, 0.1) is 5.92 Å². The van der Waals surface area contributed by atoms with Gasteiger partial charge in [-0.05, 0) is 86.3 Å². The van der Waals surface area contributed by atoms with Crippen LogP contribution in [0.3, 0.4) is 0 Å². The van der Waals surface area contributed by atoms with Crippen LogP contribution in [0.1, 0.15) is 74.8 Å². The molecule has 21 heavy (non-hydrogen) atoms. The van der Waals surface area contributed by atoms with Crippen molar-refractivity contribution in [2.45, 2.75) is 63.7 Å². The van der Waals surface area contributed by atoms with Crippen molar-refractivity contribution < 1.29 is 0 Å². The molecule has 0 N–H and O–H groups in total. The minimum Gasteiger partial charge on any atom is -0.103 e. The molecule has 2 aliphatic carbocycles. The first-order chi connectivity index (χ1) is 10.4. The molecule has 1 fully saturated rings. The Morgan fingerprint density at radius 1 is 1.00 bits per heavy atom. The van der Waals surface area contributed by atoms with Gasteiger partial charge in [-0.15, -0.1) is 6.58 Å². The van der Waals surface area contributed by atoms with Crippen LogP contribution in [0.25, 0.3) is 5.57 Å². The van der Waals surface area contributed by atoms with Crippen LogP contribution < -0.4 is 0 Å². The van der Waals surface area contributed by atoms with Gasteiger partial charge in [0.1, 0.15) is 0 Å². The topological polar surface area (TPSA) is 0 Å². The van der Waals surface area contributed by atoms with E-state index >= 15 is 0 Å². The van der Waals surface area contributed by atoms with E-state index in [1.54, 1.807) is 11.1 Å². The van der Waals surface area contributed by atoms with E-state index in [4.69, 9.17) is 0 Å². The predicted octanol–water partition coefficient (Wildman–Crippen LogP) is 6.49. The summed E-state index contributed by atoms with van der Waals surface area (Å²) in [5.74, 6) is 1.69. The Morgan fingerprint density at radius 2 is 1.76 bits per heavy atom. The van der Waals surface area contributed by atoms with Crippen molar-refractivity contribution in [2.24, 2.45) is 5.92 Å². The summed E-state index contributed by atoms with van der Waals surface area (Å²) in [6.07, 6.45) is 16.5. The summed E-state index contributed by atoms with van der Waals surface area (Å²) >= 11 is 0. The molecule has 0 aromatic heterocycles. The van der Waals surface area contributed by atoms with Gasteiger partial charge in [-0.2, -0.15) is 0 Å². The standard InChI is InChI=1S/C21H28/c1-2-6-17-9-11-19(12-10-17)21-15-13-20(14-16-21)18-7-4-3-5-8-18/h2,7,13-17,19H,1,3-6,8-12H2/t17-,19-. The lowest BCUT2D eigenvalue weighted by Gasteiger charge is -2.28. The van der Waals surface area contributed by atoms with Gasteiger partial charge in [-0.3, -0.25) is 0 Å². The van der Waals surface area contributed by atoms with Crippen LogP contribution in [-0.4, -0.2) is 0 Å². The molecule has 0 bridgehead atoms. The maximum atomic E-state index is 3.88. The lowest BCUT2D eigenvalue weighted by molar-refractivity contribution is 0.328. The molecule has 0 aliphatic heterocycles. The van der Waals surface area contributed by atoms with Gasteiger partial charge in [0.25, 0.3) is 0 Å². The average molecular weight is 280 g/mol. The fraction of sp³-hybridized carbons (Fsp3) is 0.524. The number of allylic oxidation sites excluding steroid dienone is 3. The maximum absolute atomic E-state index is 3.88. The molecule has 1 saturated carbocycles. The zero-order valence-corrected chi connectivity index (χ0v) is 13.2. The highest BCUT2D eigenvalue weighted by Gasteiger charge is 2.21. The van der Waals surface area contributed by atoms with Crippen molar-refractivity contribution in [1.82, 2.24) is 0 Å². The third kappa shape index (κ3) is 3.67. The summed E-state index contributed by atoms with van der Waals surface area (Å²) in [6.45, 7) is 3.88. The smallest absolute Gasteiger partial charge is 0.0162 e. The van der Waals surface area contributed by atoms with Crippen LogP contribution in [0.2, 0.25) is 0 Å². The van der Waals surface area contributed by atoms with Crippen molar-refractivity contribution in [3.8, 4) is 0 Å². The van der Waals surface area contributed by atoms with Gasteiger partial charge < -0.3 is 0 Å². The fourth-order valence-electron chi connectivity index (χ4n) is 4.04. The Hall–Kier alpha value is -1.30. The number of rotatable bonds is 4. The van der Waals surface area contributed by atoms with Crippen molar-refractivity contribution in [3.63, 3.8) is 0 Å². The second-order valence-electron chi connectivity index (χ2n) is 6.84. The Labute approximate surface area is 130 Å². The Bertz CT molecular complexity index is 483. The van der Waals surface area contributed by atoms with Gasteiger partial charge in [-0.25, -0.2) is 0 Å². The lowest BCUT2D eigenvalue weighted by Crippen LogP contribution is -2.12. The number of hydrogen-bond donors (Lipinski definition) is 0. The van der Waals surface area contributed by atoms with Crippen LogP contribution in [0.5, 0.6) is 0 Å². The molecule has 1 aromatic rings. The first kappa shape index (κ1) is 14.6. The average Bonchev–Trinajstić information content (AvgIpc) is 2.57. The third-order valence-electron chi connectivity index (χ3n) is 5.39. The van der Waals surface area contributed by atoms with Crippen molar-refractivity contribution in [2.75, 3.05) is 0 Å². The van der Waals surface area contributed by atoms with Crippen LogP contribution in [-0.2, 0) is 0 Å². The predicted molar refractivity (Wildman–Crippen MR) is 92.4 cm³/mol. The zero-order valence-electron chi connectivity index (χ0n) is 13.2. The molecule has 0 heteroatoms. The minimum atomic E-state index is 0.792. The van der Waals surface area contributed by atoms with E-state index in [1.807, 2.05) is 0 Å². The summed E-state index contributed by atoms with van der Waals surface area (Å²) in [6, 6.07) is 9.51. The van der Waals surface area contributed by atoms with E-state index in [2.05, 4.69) is 43.0 Å². The minimum absolute atomic E-state index is 0.792. The fourth-order valence-corrected chi connectivity index (χ4v) is 4.04. The largest absolute Gasteiger partial charge is 0.103 e. The maximum Gasteiger partial charge on any atom is -0.0162 e. The molecule has 0 radical (unpaired) electrons. The summed E-state index contributed by atoms with van der Waals surface area (Å²) in [7, 11) is 0. The van der Waals surface area contributed by atoms with Crippen LogP contribution in [0.4, 0.5) is 0 Å². The van der Waals surface area contributed by atoms with Crippen molar-refractivity contribution >= 4 is 5.57 Å². The van der Waals surface area contributed by atoms with E-state index in [0.717, 1.165) is 11.8 Å². The van der Waals surface area contributed by atoms with Gasteiger partial charge in [0.15, 0.2) is 0 Å². The summed E-state index contributed by atoms with van der Waals surface area (Å²) < 4.78 is 0. The Balaban J connectivity index is 1.62. The molecule has 112 valence electrons. The van der Waals surface area contributed by atoms with E-state index in [0.29, 0.717) is 0 Å². The molecule has 2 aliphatic rings. The molecule has 0 spiro atoms. The molecule has 0 nitrogen and oxygen atoms in total.